The van der Waals surface area contributed by atoms with Gasteiger partial charge in [0.05, 0.1) is 6.61 Å². The van der Waals surface area contributed by atoms with Crippen LogP contribution in [0.15, 0.2) is 22.7 Å². The Morgan fingerprint density at radius 3 is 2.85 bits per heavy atom. The Hall–Kier alpha value is -0.540. The summed E-state index contributed by atoms with van der Waals surface area (Å²) < 4.78 is 6.46. The molecule has 2 nitrogen and oxygen atoms in total. The zero-order chi connectivity index (χ0) is 14.4. The van der Waals surface area contributed by atoms with Crippen LogP contribution in [0.4, 0.5) is 5.69 Å². The molecular weight excluding hydrogens is 314 g/mol. The highest BCUT2D eigenvalue weighted by atomic mass is 79.9. The van der Waals surface area contributed by atoms with Crippen LogP contribution < -0.4 is 5.32 Å². The maximum atomic E-state index is 5.33. The minimum atomic E-state index is 0.608. The standard InChI is InChI=1S/C17H26BrNO/c1-3-13-6-4-7-14(11-10-13)19-17-9-5-8-16(18)15(17)12-20-2/h5,8-9,13-14,19H,3-4,6-7,10-12H2,1-2H3. The molecule has 1 fully saturated rings. The minimum Gasteiger partial charge on any atom is -0.382 e. The highest BCUT2D eigenvalue weighted by Gasteiger charge is 2.18. The van der Waals surface area contributed by atoms with Gasteiger partial charge in [-0.25, -0.2) is 0 Å². The van der Waals surface area contributed by atoms with Gasteiger partial charge in [0.25, 0.3) is 0 Å². The molecule has 0 amide bonds. The fourth-order valence-electron chi connectivity index (χ4n) is 3.14. The fourth-order valence-corrected chi connectivity index (χ4v) is 3.62. The SMILES string of the molecule is CCC1CCCC(Nc2cccc(Br)c2COC)CC1. The Kier molecular flexibility index (Phi) is 6.37. The van der Waals surface area contributed by atoms with E-state index in [-0.39, 0.29) is 0 Å². The van der Waals surface area contributed by atoms with Crippen LogP contribution in [0.2, 0.25) is 0 Å². The highest BCUT2D eigenvalue weighted by Crippen LogP contribution is 2.30. The van der Waals surface area contributed by atoms with Crippen molar-refractivity contribution in [2.24, 2.45) is 5.92 Å². The molecule has 20 heavy (non-hydrogen) atoms. The molecule has 0 saturated heterocycles. The zero-order valence-corrected chi connectivity index (χ0v) is 14.2. The van der Waals surface area contributed by atoms with Crippen LogP contribution in [-0.2, 0) is 11.3 Å². The Morgan fingerprint density at radius 2 is 2.10 bits per heavy atom. The smallest absolute Gasteiger partial charge is 0.0744 e. The molecule has 2 atom stereocenters. The molecule has 1 aromatic carbocycles. The molecule has 0 heterocycles. The van der Waals surface area contributed by atoms with E-state index in [0.717, 1.165) is 10.4 Å². The molecule has 3 heteroatoms. The lowest BCUT2D eigenvalue weighted by molar-refractivity contribution is 0.185. The lowest BCUT2D eigenvalue weighted by atomic mass is 9.98. The first-order chi connectivity index (χ1) is 9.74. The van der Waals surface area contributed by atoms with Gasteiger partial charge < -0.3 is 10.1 Å². The molecule has 0 bridgehead atoms. The summed E-state index contributed by atoms with van der Waals surface area (Å²) in [6.07, 6.45) is 8.02. The van der Waals surface area contributed by atoms with Gasteiger partial charge in [0, 0.05) is 28.9 Å². The summed E-state index contributed by atoms with van der Waals surface area (Å²) in [6, 6.07) is 6.95. The number of nitrogens with one attached hydrogen (secondary N) is 1. The van der Waals surface area contributed by atoms with E-state index in [2.05, 4.69) is 46.4 Å². The first-order valence-electron chi connectivity index (χ1n) is 7.77. The molecule has 1 aliphatic rings. The van der Waals surface area contributed by atoms with Crippen molar-refractivity contribution >= 4 is 21.6 Å². The van der Waals surface area contributed by atoms with Crippen molar-refractivity contribution in [3.05, 3.63) is 28.2 Å². The van der Waals surface area contributed by atoms with E-state index in [1.807, 2.05) is 0 Å². The fraction of sp³-hybridized carbons (Fsp3) is 0.647. The Labute approximate surface area is 131 Å². The number of halogens is 1. The van der Waals surface area contributed by atoms with Crippen LogP contribution in [0.5, 0.6) is 0 Å². The Balaban J connectivity index is 2.04. The Morgan fingerprint density at radius 1 is 1.25 bits per heavy atom. The van der Waals surface area contributed by atoms with Gasteiger partial charge in [-0.3, -0.25) is 0 Å². The second-order valence-corrected chi connectivity index (χ2v) is 6.68. The summed E-state index contributed by atoms with van der Waals surface area (Å²) in [5.74, 6) is 0.933. The minimum absolute atomic E-state index is 0.608. The number of rotatable bonds is 5. The number of hydrogen-bond donors (Lipinski definition) is 1. The molecule has 1 N–H and O–H groups in total. The first-order valence-corrected chi connectivity index (χ1v) is 8.56. The monoisotopic (exact) mass is 339 g/mol. The lowest BCUT2D eigenvalue weighted by Crippen LogP contribution is -2.19. The second kappa shape index (κ2) is 8.04. The largest absolute Gasteiger partial charge is 0.382 e. The number of benzene rings is 1. The van der Waals surface area contributed by atoms with E-state index in [9.17, 15) is 0 Å². The number of ether oxygens (including phenoxy) is 1. The van der Waals surface area contributed by atoms with Gasteiger partial charge in [-0.05, 0) is 37.3 Å². The lowest BCUT2D eigenvalue weighted by Gasteiger charge is -2.21. The number of anilines is 1. The summed E-state index contributed by atoms with van der Waals surface area (Å²) in [7, 11) is 1.75. The van der Waals surface area contributed by atoms with E-state index in [4.69, 9.17) is 4.74 Å². The normalized spacial score (nSPS) is 23.4. The molecule has 2 rings (SSSR count). The molecule has 0 radical (unpaired) electrons. The van der Waals surface area contributed by atoms with Gasteiger partial charge >= 0.3 is 0 Å². The van der Waals surface area contributed by atoms with Gasteiger partial charge in [0.2, 0.25) is 0 Å². The van der Waals surface area contributed by atoms with Gasteiger partial charge in [0.1, 0.15) is 0 Å². The average Bonchev–Trinajstić information content (AvgIpc) is 2.68. The molecule has 1 saturated carbocycles. The van der Waals surface area contributed by atoms with Crippen molar-refractivity contribution in [3.8, 4) is 0 Å². The predicted octanol–water partition coefficient (Wildman–Crippen LogP) is 5.37. The van der Waals surface area contributed by atoms with Gasteiger partial charge in [-0.15, -0.1) is 0 Å². The van der Waals surface area contributed by atoms with Gasteiger partial charge in [0.15, 0.2) is 0 Å². The molecule has 0 spiro atoms. The molecule has 0 aromatic heterocycles. The predicted molar refractivity (Wildman–Crippen MR) is 89.1 cm³/mol. The van der Waals surface area contributed by atoms with Crippen LogP contribution in [0, 0.1) is 5.92 Å². The summed E-state index contributed by atoms with van der Waals surface area (Å²) in [4.78, 5) is 0. The summed E-state index contributed by atoms with van der Waals surface area (Å²) in [5.41, 5.74) is 2.45. The quantitative estimate of drug-likeness (QED) is 0.728. The van der Waals surface area contributed by atoms with E-state index in [1.165, 1.54) is 49.8 Å². The van der Waals surface area contributed by atoms with Crippen molar-refractivity contribution in [1.29, 1.82) is 0 Å². The van der Waals surface area contributed by atoms with Crippen molar-refractivity contribution < 1.29 is 4.74 Å². The van der Waals surface area contributed by atoms with Crippen LogP contribution >= 0.6 is 15.9 Å². The van der Waals surface area contributed by atoms with Gasteiger partial charge in [-0.2, -0.15) is 0 Å². The van der Waals surface area contributed by atoms with Crippen molar-refractivity contribution in [1.82, 2.24) is 0 Å². The van der Waals surface area contributed by atoms with Crippen LogP contribution in [0.3, 0.4) is 0 Å². The summed E-state index contributed by atoms with van der Waals surface area (Å²) >= 11 is 3.63. The van der Waals surface area contributed by atoms with Crippen molar-refractivity contribution in [2.75, 3.05) is 12.4 Å². The first kappa shape index (κ1) is 15.8. The maximum absolute atomic E-state index is 5.33. The zero-order valence-electron chi connectivity index (χ0n) is 12.6. The molecule has 0 aliphatic heterocycles. The molecule has 2 unspecified atom stereocenters. The summed E-state index contributed by atoms with van der Waals surface area (Å²) in [5, 5.41) is 3.75. The molecular formula is C17H26BrNO. The van der Waals surface area contributed by atoms with Gasteiger partial charge in [-0.1, -0.05) is 48.2 Å². The third-order valence-electron chi connectivity index (χ3n) is 4.43. The topological polar surface area (TPSA) is 21.3 Å². The van der Waals surface area contributed by atoms with E-state index in [0.29, 0.717) is 12.6 Å². The third-order valence-corrected chi connectivity index (χ3v) is 5.18. The maximum Gasteiger partial charge on any atom is 0.0744 e. The summed E-state index contributed by atoms with van der Waals surface area (Å²) in [6.45, 7) is 2.97. The molecule has 1 aliphatic carbocycles. The average molecular weight is 340 g/mol. The van der Waals surface area contributed by atoms with Crippen LogP contribution in [0.25, 0.3) is 0 Å². The van der Waals surface area contributed by atoms with Crippen molar-refractivity contribution in [3.63, 3.8) is 0 Å². The second-order valence-electron chi connectivity index (χ2n) is 5.82. The number of methoxy groups -OCH3 is 1. The van der Waals surface area contributed by atoms with E-state index >= 15 is 0 Å². The van der Waals surface area contributed by atoms with E-state index in [1.54, 1.807) is 7.11 Å². The Bertz CT molecular complexity index is 421. The molecule has 112 valence electrons. The van der Waals surface area contributed by atoms with Crippen LogP contribution in [-0.4, -0.2) is 13.2 Å². The van der Waals surface area contributed by atoms with Crippen LogP contribution in [0.1, 0.15) is 51.0 Å². The van der Waals surface area contributed by atoms with E-state index < -0.39 is 0 Å². The third kappa shape index (κ3) is 4.23. The molecule has 1 aromatic rings. The number of hydrogen-bond acceptors (Lipinski definition) is 2. The highest BCUT2D eigenvalue weighted by molar-refractivity contribution is 9.10. The van der Waals surface area contributed by atoms with Crippen molar-refractivity contribution in [2.45, 2.75) is 58.1 Å².